The number of hydrogen-bond acceptors (Lipinski definition) is 4. The minimum atomic E-state index is -5.80. The monoisotopic (exact) mass is 1020 g/mol. The van der Waals surface area contributed by atoms with Gasteiger partial charge in [0.05, 0.1) is 22.7 Å². The van der Waals surface area contributed by atoms with E-state index in [-0.39, 0.29) is 11.5 Å². The Labute approximate surface area is 439 Å². The van der Waals surface area contributed by atoms with E-state index in [2.05, 4.69) is 107 Å². The van der Waals surface area contributed by atoms with Gasteiger partial charge in [-0.3, -0.25) is 0 Å². The van der Waals surface area contributed by atoms with Crippen molar-refractivity contribution in [2.75, 3.05) is 9.80 Å². The second-order valence-electron chi connectivity index (χ2n) is 18.7. The van der Waals surface area contributed by atoms with Crippen LogP contribution in [0, 0.1) is 0 Å². The molecule has 0 aliphatic heterocycles. The zero-order valence-corrected chi connectivity index (χ0v) is 40.9. The summed E-state index contributed by atoms with van der Waals surface area (Å²) in [6.07, 6.45) is -11.6. The molecule has 376 valence electrons. The minimum Gasteiger partial charge on any atom is -0.457 e. The summed E-state index contributed by atoms with van der Waals surface area (Å²) in [6, 6.07) is 78.9. The standard InChI is InChI=1S/C67H44F6N2O2/c68-66(69,70)65(67(71,72)73,49-29-37-53(38-30-49)76-55-41-33-51(34-42-55)74(61-25-9-17-45-13-1-5-21-57(45)61)62-26-10-18-46-14-2-6-22-58(46)62)50-31-39-54(40-32-50)77-56-43-35-52(36-44-56)75(63-27-11-19-47-15-3-7-23-59(47)63)64-28-12-20-48-16-4-8-24-60(48)64/h1-44H. The van der Waals surface area contributed by atoms with Crippen molar-refractivity contribution in [3.05, 3.63) is 278 Å². The molecule has 0 saturated carbocycles. The van der Waals surface area contributed by atoms with Crippen molar-refractivity contribution in [3.8, 4) is 23.0 Å². The fourth-order valence-electron chi connectivity index (χ4n) is 10.6. The van der Waals surface area contributed by atoms with Crippen molar-refractivity contribution in [1.82, 2.24) is 0 Å². The summed E-state index contributed by atoms with van der Waals surface area (Å²) >= 11 is 0. The lowest BCUT2D eigenvalue weighted by Gasteiger charge is -2.38. The van der Waals surface area contributed by atoms with Crippen LogP contribution in [0.15, 0.2) is 267 Å². The van der Waals surface area contributed by atoms with Crippen LogP contribution in [0.3, 0.4) is 0 Å². The van der Waals surface area contributed by atoms with E-state index in [4.69, 9.17) is 9.47 Å². The van der Waals surface area contributed by atoms with Crippen LogP contribution in [0.25, 0.3) is 43.1 Å². The van der Waals surface area contributed by atoms with Crippen molar-refractivity contribution in [1.29, 1.82) is 0 Å². The molecule has 0 bridgehead atoms. The highest BCUT2D eigenvalue weighted by atomic mass is 19.4. The molecule has 0 fully saturated rings. The second kappa shape index (κ2) is 19.6. The Hall–Kier alpha value is -9.54. The topological polar surface area (TPSA) is 24.9 Å². The van der Waals surface area contributed by atoms with Gasteiger partial charge in [-0.15, -0.1) is 0 Å². The number of alkyl halides is 6. The van der Waals surface area contributed by atoms with Gasteiger partial charge in [0, 0.05) is 32.9 Å². The van der Waals surface area contributed by atoms with E-state index >= 15 is 26.3 Å². The quantitative estimate of drug-likeness (QED) is 0.114. The highest BCUT2D eigenvalue weighted by Crippen LogP contribution is 2.57. The number of rotatable bonds is 12. The third-order valence-corrected chi connectivity index (χ3v) is 14.1. The Morgan fingerprint density at radius 2 is 0.481 bits per heavy atom. The Kier molecular flexibility index (Phi) is 12.3. The zero-order chi connectivity index (χ0) is 52.7. The van der Waals surface area contributed by atoms with Crippen molar-refractivity contribution in [3.63, 3.8) is 0 Å². The Balaban J connectivity index is 0.815. The van der Waals surface area contributed by atoms with Crippen LogP contribution in [-0.2, 0) is 5.41 Å². The smallest absolute Gasteiger partial charge is 0.411 e. The van der Waals surface area contributed by atoms with Crippen LogP contribution in [0.1, 0.15) is 11.1 Å². The lowest BCUT2D eigenvalue weighted by atomic mass is 9.73. The van der Waals surface area contributed by atoms with E-state index in [1.807, 2.05) is 97.1 Å². The molecule has 0 aliphatic carbocycles. The molecular formula is C67H44F6N2O2. The summed E-state index contributed by atoms with van der Waals surface area (Å²) in [5.74, 6) is 0.749. The number of halogens is 6. The molecule has 10 heteroatoms. The van der Waals surface area contributed by atoms with E-state index in [1.165, 1.54) is 0 Å². The normalized spacial score (nSPS) is 12.0. The summed E-state index contributed by atoms with van der Waals surface area (Å²) in [5, 5.41) is 8.34. The number of nitrogens with zero attached hydrogens (tertiary/aromatic N) is 2. The van der Waals surface area contributed by atoms with Gasteiger partial charge in [-0.05, 0) is 130 Å². The van der Waals surface area contributed by atoms with Gasteiger partial charge in [0.25, 0.3) is 0 Å². The van der Waals surface area contributed by atoms with Gasteiger partial charge in [0.15, 0.2) is 0 Å². The maximum absolute atomic E-state index is 15.4. The minimum absolute atomic E-state index is 0.0480. The molecule has 0 amide bonds. The maximum atomic E-state index is 15.4. The molecule has 4 nitrogen and oxygen atoms in total. The van der Waals surface area contributed by atoms with Crippen LogP contribution in [-0.4, -0.2) is 12.4 Å². The van der Waals surface area contributed by atoms with Gasteiger partial charge < -0.3 is 19.3 Å². The molecule has 77 heavy (non-hydrogen) atoms. The first-order valence-electron chi connectivity index (χ1n) is 24.9. The third kappa shape index (κ3) is 8.87. The molecule has 0 aliphatic rings. The fraction of sp³-hybridized carbons (Fsp3) is 0.0448. The molecular weight excluding hydrogens is 979 g/mol. The number of anilines is 6. The highest BCUT2D eigenvalue weighted by molar-refractivity contribution is 6.06. The van der Waals surface area contributed by atoms with E-state index < -0.39 is 28.9 Å². The van der Waals surface area contributed by atoms with Gasteiger partial charge in [-0.2, -0.15) is 26.3 Å². The van der Waals surface area contributed by atoms with Crippen molar-refractivity contribution < 1.29 is 35.8 Å². The third-order valence-electron chi connectivity index (χ3n) is 14.1. The van der Waals surface area contributed by atoms with Gasteiger partial charge in [-0.1, -0.05) is 170 Å². The maximum Gasteiger partial charge on any atom is 0.411 e. The van der Waals surface area contributed by atoms with E-state index in [0.717, 1.165) is 126 Å². The van der Waals surface area contributed by atoms with Crippen molar-refractivity contribution in [2.45, 2.75) is 17.8 Å². The predicted molar refractivity (Wildman–Crippen MR) is 298 cm³/mol. The molecule has 0 aromatic heterocycles. The van der Waals surface area contributed by atoms with E-state index in [1.54, 1.807) is 24.3 Å². The Morgan fingerprint density at radius 1 is 0.247 bits per heavy atom. The van der Waals surface area contributed by atoms with Crippen molar-refractivity contribution in [2.24, 2.45) is 0 Å². The van der Waals surface area contributed by atoms with Crippen molar-refractivity contribution >= 4 is 77.2 Å². The molecule has 0 saturated heterocycles. The second-order valence-corrected chi connectivity index (χ2v) is 18.7. The predicted octanol–water partition coefficient (Wildman–Crippen LogP) is 20.2. The number of ether oxygens (including phenoxy) is 2. The molecule has 0 atom stereocenters. The molecule has 0 heterocycles. The molecule has 12 rings (SSSR count). The van der Waals surface area contributed by atoms with Crippen LogP contribution in [0.2, 0.25) is 0 Å². The first-order chi connectivity index (χ1) is 37.4. The Morgan fingerprint density at radius 3 is 0.740 bits per heavy atom. The average molecular weight is 1020 g/mol. The van der Waals surface area contributed by atoms with Crippen LogP contribution in [0.5, 0.6) is 23.0 Å². The summed E-state index contributed by atoms with van der Waals surface area (Å²) < 4.78 is 104. The molecule has 0 N–H and O–H groups in total. The molecule has 0 radical (unpaired) electrons. The Bertz CT molecular complexity index is 3640. The summed E-state index contributed by atoms with van der Waals surface area (Å²) in [6.45, 7) is 0. The number of hydrogen-bond donors (Lipinski definition) is 0. The van der Waals surface area contributed by atoms with Gasteiger partial charge in [-0.25, -0.2) is 0 Å². The van der Waals surface area contributed by atoms with Gasteiger partial charge in [0.2, 0.25) is 5.41 Å². The van der Waals surface area contributed by atoms with Gasteiger partial charge in [0.1, 0.15) is 23.0 Å². The molecule has 12 aromatic carbocycles. The number of benzene rings is 12. The zero-order valence-electron chi connectivity index (χ0n) is 40.9. The first-order valence-corrected chi connectivity index (χ1v) is 24.9. The lowest BCUT2D eigenvalue weighted by molar-refractivity contribution is -0.288. The van der Waals surface area contributed by atoms with Crippen LogP contribution in [0.4, 0.5) is 60.5 Å². The van der Waals surface area contributed by atoms with Crippen LogP contribution < -0.4 is 19.3 Å². The summed E-state index contributed by atoms with van der Waals surface area (Å²) in [7, 11) is 0. The largest absolute Gasteiger partial charge is 0.457 e. The van der Waals surface area contributed by atoms with E-state index in [0.29, 0.717) is 11.5 Å². The average Bonchev–Trinajstić information content (AvgIpc) is 3.45. The summed E-state index contributed by atoms with van der Waals surface area (Å²) in [4.78, 5) is 4.31. The molecule has 12 aromatic rings. The highest BCUT2D eigenvalue weighted by Gasteiger charge is 2.72. The van der Waals surface area contributed by atoms with Gasteiger partial charge >= 0.3 is 12.4 Å². The number of fused-ring (bicyclic) bond motifs is 4. The van der Waals surface area contributed by atoms with E-state index in [9.17, 15) is 0 Å². The summed E-state index contributed by atoms with van der Waals surface area (Å²) in [5.41, 5.74) is -1.09. The lowest BCUT2D eigenvalue weighted by Crippen LogP contribution is -2.54. The molecule has 0 unspecified atom stereocenters. The van der Waals surface area contributed by atoms with Crippen LogP contribution >= 0.6 is 0 Å². The fourth-order valence-corrected chi connectivity index (χ4v) is 10.6. The first kappa shape index (κ1) is 48.4. The molecule has 0 spiro atoms. The SMILES string of the molecule is FC(F)(F)C(c1ccc(Oc2ccc(N(c3cccc4ccccc34)c3cccc4ccccc34)cc2)cc1)(c1ccc(Oc2ccc(N(c3cccc4ccccc34)c3cccc4ccccc34)cc2)cc1)C(F)(F)F.